The maximum atomic E-state index is 6.99. The standard InChI is InChI=1S/C55H43N/c1-54(2)50-20-12-11-19-48(50)49-34-29-41(35-51(49)54)36-21-23-39(24-22-36)46-32-27-37-13-7-9-17-44(37)52(46)53-45-18-10-8-14-38(45)28-33-47(53)40-25-30-43(31-26-40)55(3,56)42-15-5-4-6-16-42/h4-35H,56H2,1-3H3. The van der Waals surface area contributed by atoms with E-state index in [0.29, 0.717) is 0 Å². The van der Waals surface area contributed by atoms with Crippen LogP contribution in [-0.2, 0) is 11.0 Å². The first kappa shape index (κ1) is 34.0. The minimum Gasteiger partial charge on any atom is -0.318 e. The molecule has 0 radical (unpaired) electrons. The number of hydrogen-bond acceptors (Lipinski definition) is 1. The van der Waals surface area contributed by atoms with Gasteiger partial charge in [0.05, 0.1) is 5.54 Å². The molecular weight excluding hydrogens is 675 g/mol. The third-order valence-electron chi connectivity index (χ3n) is 12.4. The van der Waals surface area contributed by atoms with Crippen molar-refractivity contribution in [2.24, 2.45) is 5.73 Å². The van der Waals surface area contributed by atoms with Crippen LogP contribution in [0.1, 0.15) is 43.0 Å². The lowest BCUT2D eigenvalue weighted by atomic mass is 9.81. The summed E-state index contributed by atoms with van der Waals surface area (Å²) < 4.78 is 0. The lowest BCUT2D eigenvalue weighted by Crippen LogP contribution is -2.34. The first-order valence-electron chi connectivity index (χ1n) is 19.6. The van der Waals surface area contributed by atoms with Gasteiger partial charge in [0.2, 0.25) is 0 Å². The Morgan fingerprint density at radius 2 is 0.821 bits per heavy atom. The Balaban J connectivity index is 1.11. The number of rotatable bonds is 6. The number of fused-ring (bicyclic) bond motifs is 5. The molecule has 0 heterocycles. The van der Waals surface area contributed by atoms with Gasteiger partial charge in [-0.1, -0.05) is 202 Å². The van der Waals surface area contributed by atoms with Crippen LogP contribution in [0.25, 0.3) is 77.2 Å². The van der Waals surface area contributed by atoms with Crippen molar-refractivity contribution >= 4 is 21.5 Å². The van der Waals surface area contributed by atoms with E-state index in [4.69, 9.17) is 5.73 Å². The van der Waals surface area contributed by atoms with Gasteiger partial charge in [0.1, 0.15) is 0 Å². The Kier molecular flexibility index (Phi) is 7.92. The molecule has 268 valence electrons. The Bertz CT molecular complexity index is 2930. The highest BCUT2D eigenvalue weighted by Gasteiger charge is 2.35. The van der Waals surface area contributed by atoms with E-state index in [1.807, 2.05) is 6.07 Å². The number of benzene rings is 9. The predicted molar refractivity (Wildman–Crippen MR) is 238 cm³/mol. The first-order chi connectivity index (χ1) is 27.3. The van der Waals surface area contributed by atoms with Gasteiger partial charge in [-0.15, -0.1) is 0 Å². The summed E-state index contributed by atoms with van der Waals surface area (Å²) in [4.78, 5) is 0. The van der Waals surface area contributed by atoms with Crippen LogP contribution in [-0.4, -0.2) is 0 Å². The molecule has 0 aliphatic heterocycles. The zero-order chi connectivity index (χ0) is 38.0. The van der Waals surface area contributed by atoms with Crippen LogP contribution in [0.4, 0.5) is 0 Å². The van der Waals surface area contributed by atoms with Crippen LogP contribution in [0.3, 0.4) is 0 Å². The van der Waals surface area contributed by atoms with Crippen molar-refractivity contribution in [2.75, 3.05) is 0 Å². The van der Waals surface area contributed by atoms with Crippen molar-refractivity contribution < 1.29 is 0 Å². The predicted octanol–water partition coefficient (Wildman–Crippen LogP) is 14.2. The second-order valence-electron chi connectivity index (χ2n) is 16.1. The van der Waals surface area contributed by atoms with Gasteiger partial charge in [-0.3, -0.25) is 0 Å². The van der Waals surface area contributed by atoms with E-state index < -0.39 is 5.54 Å². The molecule has 1 unspecified atom stereocenters. The van der Waals surface area contributed by atoms with Gasteiger partial charge in [-0.2, -0.15) is 0 Å². The van der Waals surface area contributed by atoms with Gasteiger partial charge >= 0.3 is 0 Å². The Morgan fingerprint density at radius 1 is 0.375 bits per heavy atom. The third-order valence-corrected chi connectivity index (χ3v) is 12.4. The van der Waals surface area contributed by atoms with Crippen LogP contribution < -0.4 is 5.73 Å². The molecule has 0 bridgehead atoms. The minimum atomic E-state index is -0.609. The molecule has 0 saturated heterocycles. The van der Waals surface area contributed by atoms with E-state index >= 15 is 0 Å². The maximum absolute atomic E-state index is 6.99. The molecule has 2 N–H and O–H groups in total. The lowest BCUT2D eigenvalue weighted by molar-refractivity contribution is 0.603. The van der Waals surface area contributed by atoms with Crippen molar-refractivity contribution in [3.8, 4) is 55.6 Å². The molecular formula is C55H43N. The average molecular weight is 718 g/mol. The van der Waals surface area contributed by atoms with Crippen molar-refractivity contribution in [3.05, 3.63) is 216 Å². The Morgan fingerprint density at radius 3 is 1.45 bits per heavy atom. The molecule has 0 spiro atoms. The topological polar surface area (TPSA) is 26.0 Å². The summed E-state index contributed by atoms with van der Waals surface area (Å²) in [6.45, 7) is 6.79. The van der Waals surface area contributed by atoms with Gasteiger partial charge in [0.25, 0.3) is 0 Å². The van der Waals surface area contributed by atoms with Gasteiger partial charge in [0, 0.05) is 5.41 Å². The van der Waals surface area contributed by atoms with Crippen molar-refractivity contribution in [2.45, 2.75) is 31.7 Å². The van der Waals surface area contributed by atoms with Gasteiger partial charge in [-0.05, 0) is 112 Å². The smallest absolute Gasteiger partial charge is 0.0636 e. The van der Waals surface area contributed by atoms with E-state index in [1.54, 1.807) is 0 Å². The minimum absolute atomic E-state index is 0.0375. The largest absolute Gasteiger partial charge is 0.318 e. The van der Waals surface area contributed by atoms with Crippen molar-refractivity contribution in [1.82, 2.24) is 0 Å². The molecule has 9 aromatic carbocycles. The quantitative estimate of drug-likeness (QED) is 0.182. The molecule has 0 saturated carbocycles. The van der Waals surface area contributed by atoms with E-state index in [0.717, 1.165) is 16.7 Å². The second kappa shape index (κ2) is 13.0. The third kappa shape index (κ3) is 5.42. The summed E-state index contributed by atoms with van der Waals surface area (Å²) >= 11 is 0. The maximum Gasteiger partial charge on any atom is 0.0636 e. The van der Waals surface area contributed by atoms with Gasteiger partial charge < -0.3 is 5.73 Å². The highest BCUT2D eigenvalue weighted by molar-refractivity contribution is 6.14. The fourth-order valence-corrected chi connectivity index (χ4v) is 9.24. The summed E-state index contributed by atoms with van der Waals surface area (Å²) in [5.41, 5.74) is 23.7. The molecule has 1 aliphatic rings. The summed E-state index contributed by atoms with van der Waals surface area (Å²) in [6, 6.07) is 71.1. The number of hydrogen-bond donors (Lipinski definition) is 1. The molecule has 1 heteroatoms. The van der Waals surface area contributed by atoms with E-state index in [9.17, 15) is 0 Å². The molecule has 1 aliphatic carbocycles. The lowest BCUT2D eigenvalue weighted by Gasteiger charge is -2.26. The first-order valence-corrected chi connectivity index (χ1v) is 19.6. The highest BCUT2D eigenvalue weighted by atomic mass is 14.7. The summed E-state index contributed by atoms with van der Waals surface area (Å²) in [5.74, 6) is 0. The molecule has 1 nitrogen and oxygen atoms in total. The normalized spacial score (nSPS) is 14.0. The SMILES string of the molecule is CC1(C)c2ccccc2-c2ccc(-c3ccc(-c4ccc5ccccc5c4-c4c(-c5ccc(C(C)(N)c6ccccc6)cc5)ccc5ccccc45)cc3)cc21. The molecule has 9 aromatic rings. The Hall–Kier alpha value is -6.54. The molecule has 56 heavy (non-hydrogen) atoms. The van der Waals surface area contributed by atoms with Crippen LogP contribution >= 0.6 is 0 Å². The number of nitrogens with two attached hydrogens (primary N) is 1. The molecule has 0 fully saturated rings. The van der Waals surface area contributed by atoms with Crippen LogP contribution in [0.15, 0.2) is 194 Å². The van der Waals surface area contributed by atoms with Crippen LogP contribution in [0.5, 0.6) is 0 Å². The van der Waals surface area contributed by atoms with E-state index in [2.05, 4.69) is 209 Å². The second-order valence-corrected chi connectivity index (χ2v) is 16.1. The van der Waals surface area contributed by atoms with Crippen molar-refractivity contribution in [3.63, 3.8) is 0 Å². The summed E-state index contributed by atoms with van der Waals surface area (Å²) in [7, 11) is 0. The molecule has 1 atom stereocenters. The highest BCUT2D eigenvalue weighted by Crippen LogP contribution is 2.50. The van der Waals surface area contributed by atoms with Crippen LogP contribution in [0.2, 0.25) is 0 Å². The molecule has 0 amide bonds. The zero-order valence-electron chi connectivity index (χ0n) is 32.1. The summed E-state index contributed by atoms with van der Waals surface area (Å²) in [5, 5.41) is 4.92. The Labute approximate surface area is 329 Å². The van der Waals surface area contributed by atoms with Gasteiger partial charge in [-0.25, -0.2) is 0 Å². The van der Waals surface area contributed by atoms with Gasteiger partial charge in [0.15, 0.2) is 0 Å². The van der Waals surface area contributed by atoms with Crippen molar-refractivity contribution in [1.29, 1.82) is 0 Å². The zero-order valence-corrected chi connectivity index (χ0v) is 32.1. The molecule has 10 rings (SSSR count). The summed E-state index contributed by atoms with van der Waals surface area (Å²) in [6.07, 6.45) is 0. The fraction of sp³-hybridized carbons (Fsp3) is 0.0909. The van der Waals surface area contributed by atoms with Crippen LogP contribution in [0, 0.1) is 0 Å². The molecule has 0 aromatic heterocycles. The van der Waals surface area contributed by atoms with E-state index in [-0.39, 0.29) is 5.41 Å². The monoisotopic (exact) mass is 717 g/mol. The average Bonchev–Trinajstić information content (AvgIpc) is 3.48. The van der Waals surface area contributed by atoms with E-state index in [1.165, 1.54) is 82.7 Å². The fourth-order valence-electron chi connectivity index (χ4n) is 9.24.